The zero-order chi connectivity index (χ0) is 19.4. The second-order valence-electron chi connectivity index (χ2n) is 7.07. The number of benzene rings is 2. The SMILES string of the molecule is Cc1cccc(C)c1NC(=O)CN1CCN(Cc2c(F)cccc2Cl)CC1. The largest absolute Gasteiger partial charge is 0.324 e. The molecule has 0 saturated carbocycles. The standard InChI is InChI=1S/C21H25ClFN3O/c1-15-5-3-6-16(2)21(15)24-20(27)14-26-11-9-25(10-12-26)13-17-18(22)7-4-8-19(17)23/h3-8H,9-14H2,1-2H3,(H,24,27). The Labute approximate surface area is 164 Å². The Bertz CT molecular complexity index is 779. The second-order valence-corrected chi connectivity index (χ2v) is 7.47. The van der Waals surface area contributed by atoms with Crippen LogP contribution in [0.15, 0.2) is 36.4 Å². The molecule has 2 aromatic carbocycles. The van der Waals surface area contributed by atoms with E-state index in [-0.39, 0.29) is 11.7 Å². The lowest BCUT2D eigenvalue weighted by molar-refractivity contribution is -0.117. The number of amides is 1. The summed E-state index contributed by atoms with van der Waals surface area (Å²) in [7, 11) is 0. The molecule has 0 unspecified atom stereocenters. The third-order valence-corrected chi connectivity index (χ3v) is 5.38. The van der Waals surface area contributed by atoms with Gasteiger partial charge in [0.25, 0.3) is 0 Å². The van der Waals surface area contributed by atoms with E-state index in [1.54, 1.807) is 12.1 Å². The Morgan fingerprint density at radius 2 is 1.63 bits per heavy atom. The summed E-state index contributed by atoms with van der Waals surface area (Å²) < 4.78 is 14.0. The summed E-state index contributed by atoms with van der Waals surface area (Å²) >= 11 is 6.12. The van der Waals surface area contributed by atoms with Crippen molar-refractivity contribution in [2.75, 3.05) is 38.0 Å². The number of aryl methyl sites for hydroxylation is 2. The summed E-state index contributed by atoms with van der Waals surface area (Å²) in [4.78, 5) is 16.7. The fourth-order valence-corrected chi connectivity index (χ4v) is 3.63. The first-order valence-corrected chi connectivity index (χ1v) is 9.55. The van der Waals surface area contributed by atoms with Crippen LogP contribution in [0.2, 0.25) is 5.02 Å². The number of anilines is 1. The molecule has 0 bridgehead atoms. The highest BCUT2D eigenvalue weighted by Gasteiger charge is 2.21. The van der Waals surface area contributed by atoms with Gasteiger partial charge in [0.15, 0.2) is 0 Å². The van der Waals surface area contributed by atoms with Crippen LogP contribution in [-0.2, 0) is 11.3 Å². The average Bonchev–Trinajstić information content (AvgIpc) is 2.63. The molecule has 27 heavy (non-hydrogen) atoms. The molecule has 3 rings (SSSR count). The van der Waals surface area contributed by atoms with Crippen molar-refractivity contribution in [2.24, 2.45) is 0 Å². The number of hydrogen-bond acceptors (Lipinski definition) is 3. The Morgan fingerprint density at radius 1 is 1.04 bits per heavy atom. The molecule has 6 heteroatoms. The minimum absolute atomic E-state index is 0.00185. The van der Waals surface area contributed by atoms with Crippen LogP contribution in [0.3, 0.4) is 0 Å². The number of nitrogens with one attached hydrogen (secondary N) is 1. The van der Waals surface area contributed by atoms with Crippen LogP contribution in [0.4, 0.5) is 10.1 Å². The van der Waals surface area contributed by atoms with E-state index in [1.807, 2.05) is 32.0 Å². The topological polar surface area (TPSA) is 35.6 Å². The van der Waals surface area contributed by atoms with E-state index in [1.165, 1.54) is 6.07 Å². The fraction of sp³-hybridized carbons (Fsp3) is 0.381. The molecule has 1 fully saturated rings. The number of carbonyl (C=O) groups excluding carboxylic acids is 1. The molecule has 1 saturated heterocycles. The van der Waals surface area contributed by atoms with Crippen LogP contribution in [0, 0.1) is 19.7 Å². The van der Waals surface area contributed by atoms with Gasteiger partial charge < -0.3 is 5.32 Å². The van der Waals surface area contributed by atoms with Crippen LogP contribution in [-0.4, -0.2) is 48.4 Å². The van der Waals surface area contributed by atoms with Crippen molar-refractivity contribution in [3.8, 4) is 0 Å². The summed E-state index contributed by atoms with van der Waals surface area (Å²) in [6, 6.07) is 10.8. The predicted molar refractivity (Wildman–Crippen MR) is 108 cm³/mol. The van der Waals surface area contributed by atoms with Gasteiger partial charge in [0.2, 0.25) is 5.91 Å². The molecule has 1 aliphatic rings. The lowest BCUT2D eigenvalue weighted by Crippen LogP contribution is -2.48. The zero-order valence-electron chi connectivity index (χ0n) is 15.8. The molecule has 0 aliphatic carbocycles. The molecule has 0 spiro atoms. The molecule has 4 nitrogen and oxygen atoms in total. The van der Waals surface area contributed by atoms with E-state index >= 15 is 0 Å². The van der Waals surface area contributed by atoms with E-state index in [9.17, 15) is 9.18 Å². The maximum absolute atomic E-state index is 14.0. The molecular weight excluding hydrogens is 365 g/mol. The van der Waals surface area contributed by atoms with Gasteiger partial charge in [0, 0.05) is 49.0 Å². The molecule has 0 radical (unpaired) electrons. The third kappa shape index (κ3) is 5.06. The van der Waals surface area contributed by atoms with Gasteiger partial charge in [-0.05, 0) is 37.1 Å². The zero-order valence-corrected chi connectivity index (χ0v) is 16.5. The molecule has 1 N–H and O–H groups in total. The first-order chi connectivity index (χ1) is 12.9. The van der Waals surface area contributed by atoms with Crippen LogP contribution in [0.1, 0.15) is 16.7 Å². The summed E-state index contributed by atoms with van der Waals surface area (Å²) in [6.45, 7) is 7.95. The highest BCUT2D eigenvalue weighted by molar-refractivity contribution is 6.31. The third-order valence-electron chi connectivity index (χ3n) is 5.02. The number of para-hydroxylation sites is 1. The number of rotatable bonds is 5. The van der Waals surface area contributed by atoms with Crippen molar-refractivity contribution in [3.05, 3.63) is 63.9 Å². The molecule has 2 aromatic rings. The molecule has 0 aromatic heterocycles. The van der Waals surface area contributed by atoms with Gasteiger partial charge in [-0.15, -0.1) is 0 Å². The first-order valence-electron chi connectivity index (χ1n) is 9.17. The predicted octanol–water partition coefficient (Wildman–Crippen LogP) is 3.85. The highest BCUT2D eigenvalue weighted by atomic mass is 35.5. The van der Waals surface area contributed by atoms with E-state index < -0.39 is 0 Å². The summed E-state index contributed by atoms with van der Waals surface area (Å²) in [6.07, 6.45) is 0. The highest BCUT2D eigenvalue weighted by Crippen LogP contribution is 2.22. The summed E-state index contributed by atoms with van der Waals surface area (Å²) in [5, 5.41) is 3.49. The van der Waals surface area contributed by atoms with Crippen LogP contribution < -0.4 is 5.32 Å². The Balaban J connectivity index is 1.50. The molecule has 144 valence electrons. The van der Waals surface area contributed by atoms with Crippen molar-refractivity contribution in [1.29, 1.82) is 0 Å². The number of carbonyl (C=O) groups is 1. The van der Waals surface area contributed by atoms with Gasteiger partial charge in [-0.25, -0.2) is 4.39 Å². The smallest absolute Gasteiger partial charge is 0.238 e. The number of hydrogen-bond donors (Lipinski definition) is 1. The van der Waals surface area contributed by atoms with Crippen molar-refractivity contribution < 1.29 is 9.18 Å². The van der Waals surface area contributed by atoms with Gasteiger partial charge in [-0.1, -0.05) is 35.9 Å². The van der Waals surface area contributed by atoms with Gasteiger partial charge in [0.1, 0.15) is 5.82 Å². The van der Waals surface area contributed by atoms with Crippen molar-refractivity contribution in [2.45, 2.75) is 20.4 Å². The Hall–Kier alpha value is -1.95. The molecular formula is C21H25ClFN3O. The normalized spacial score (nSPS) is 15.7. The van der Waals surface area contributed by atoms with Gasteiger partial charge in [-0.3, -0.25) is 14.6 Å². The quantitative estimate of drug-likeness (QED) is 0.843. The maximum Gasteiger partial charge on any atom is 0.238 e. The molecule has 1 amide bonds. The average molecular weight is 390 g/mol. The van der Waals surface area contributed by atoms with E-state index in [4.69, 9.17) is 11.6 Å². The van der Waals surface area contributed by atoms with Gasteiger partial charge in [0.05, 0.1) is 6.54 Å². The van der Waals surface area contributed by atoms with Crippen LogP contribution in [0.5, 0.6) is 0 Å². The van der Waals surface area contributed by atoms with Crippen molar-refractivity contribution in [1.82, 2.24) is 9.80 Å². The molecule has 1 aliphatic heterocycles. The second kappa shape index (κ2) is 8.83. The fourth-order valence-electron chi connectivity index (χ4n) is 3.41. The van der Waals surface area contributed by atoms with Gasteiger partial charge in [-0.2, -0.15) is 0 Å². The minimum Gasteiger partial charge on any atom is -0.324 e. The van der Waals surface area contributed by atoms with E-state index in [0.29, 0.717) is 23.7 Å². The van der Waals surface area contributed by atoms with Crippen molar-refractivity contribution in [3.63, 3.8) is 0 Å². The lowest BCUT2D eigenvalue weighted by Gasteiger charge is -2.34. The van der Waals surface area contributed by atoms with E-state index in [2.05, 4.69) is 15.1 Å². The Kier molecular flexibility index (Phi) is 6.47. The first kappa shape index (κ1) is 19.8. The number of piperazine rings is 1. The summed E-state index contributed by atoms with van der Waals surface area (Å²) in [5.41, 5.74) is 3.57. The minimum atomic E-state index is -0.266. The molecule has 0 atom stereocenters. The van der Waals surface area contributed by atoms with Crippen molar-refractivity contribution >= 4 is 23.2 Å². The number of nitrogens with zero attached hydrogens (tertiary/aromatic N) is 2. The maximum atomic E-state index is 14.0. The van der Waals surface area contributed by atoms with Gasteiger partial charge >= 0.3 is 0 Å². The van der Waals surface area contributed by atoms with Crippen LogP contribution in [0.25, 0.3) is 0 Å². The van der Waals surface area contributed by atoms with E-state index in [0.717, 1.165) is 43.0 Å². The monoisotopic (exact) mass is 389 g/mol. The Morgan fingerprint density at radius 3 is 2.26 bits per heavy atom. The van der Waals surface area contributed by atoms with Crippen LogP contribution >= 0.6 is 11.6 Å². The molecule has 1 heterocycles. The summed E-state index contributed by atoms with van der Waals surface area (Å²) in [5.74, 6) is -0.268. The lowest BCUT2D eigenvalue weighted by atomic mass is 10.1. The number of halogens is 2.